The number of carboxylic acids is 1. The van der Waals surface area contributed by atoms with Gasteiger partial charge >= 0.3 is 5.97 Å². The highest BCUT2D eigenvalue weighted by Gasteiger charge is 2.23. The molecule has 4 nitrogen and oxygen atoms in total. The Hall–Kier alpha value is -1.36. The fourth-order valence-electron chi connectivity index (χ4n) is 0.910. The molecule has 1 heterocycles. The number of nitrogens with zero attached hydrogens (tertiary/aromatic N) is 1. The van der Waals surface area contributed by atoms with E-state index in [1.54, 1.807) is 0 Å². The maximum Gasteiger partial charge on any atom is 0.343 e. The molecule has 0 fully saturated rings. The molecule has 1 aromatic rings. The molecule has 6 heteroatoms. The first-order valence-electron chi connectivity index (χ1n) is 3.63. The number of hydrogen-bond acceptors (Lipinski definition) is 3. The van der Waals surface area contributed by atoms with Crippen LogP contribution in [0.4, 0.5) is 4.39 Å². The third kappa shape index (κ3) is 1.93. The molecule has 0 radical (unpaired) electrons. The summed E-state index contributed by atoms with van der Waals surface area (Å²) in [6.45, 7) is 0. The second kappa shape index (κ2) is 4.23. The number of halogens is 2. The lowest BCUT2D eigenvalue weighted by molar-refractivity contribution is -0.143. The third-order valence-corrected chi connectivity index (χ3v) is 1.95. The van der Waals surface area contributed by atoms with Crippen molar-refractivity contribution in [3.63, 3.8) is 0 Å². The van der Waals surface area contributed by atoms with Crippen LogP contribution in [0, 0.1) is 0 Å². The summed E-state index contributed by atoms with van der Waals surface area (Å²) < 4.78 is 17.8. The number of methoxy groups -OCH3 is 1. The van der Waals surface area contributed by atoms with Gasteiger partial charge in [-0.15, -0.1) is 0 Å². The van der Waals surface area contributed by atoms with Crippen molar-refractivity contribution in [1.29, 1.82) is 0 Å². The Morgan fingerprint density at radius 2 is 2.43 bits per heavy atom. The van der Waals surface area contributed by atoms with Gasteiger partial charge in [-0.05, 0) is 6.07 Å². The normalized spacial score (nSPS) is 12.2. The van der Waals surface area contributed by atoms with Crippen LogP contribution in [0.2, 0.25) is 5.02 Å². The number of carboxylic acid groups (broad SMARTS) is 1. The molecule has 0 saturated carbocycles. The molecule has 76 valence electrons. The molecule has 1 atom stereocenters. The van der Waals surface area contributed by atoms with Gasteiger partial charge in [-0.3, -0.25) is 0 Å². The van der Waals surface area contributed by atoms with E-state index >= 15 is 0 Å². The van der Waals surface area contributed by atoms with E-state index in [0.717, 1.165) is 0 Å². The Morgan fingerprint density at radius 1 is 1.79 bits per heavy atom. The Bertz CT molecular complexity index is 358. The number of carbonyl (C=O) groups is 1. The Balaban J connectivity index is 3.15. The Kier molecular flexibility index (Phi) is 3.24. The minimum atomic E-state index is -2.17. The van der Waals surface area contributed by atoms with Gasteiger partial charge in [0.05, 0.1) is 7.11 Å². The van der Waals surface area contributed by atoms with Crippen molar-refractivity contribution in [2.24, 2.45) is 0 Å². The number of alkyl halides is 1. The molecule has 1 N–H and O–H groups in total. The van der Waals surface area contributed by atoms with Crippen LogP contribution in [0.3, 0.4) is 0 Å². The number of pyridine rings is 1. The summed E-state index contributed by atoms with van der Waals surface area (Å²) in [4.78, 5) is 14.0. The average molecular weight is 220 g/mol. The van der Waals surface area contributed by atoms with Gasteiger partial charge in [-0.25, -0.2) is 14.2 Å². The highest BCUT2D eigenvalue weighted by molar-refractivity contribution is 6.32. The Labute approximate surface area is 84.3 Å². The molecule has 0 aliphatic carbocycles. The zero-order chi connectivity index (χ0) is 10.7. The molecule has 1 unspecified atom stereocenters. The summed E-state index contributed by atoms with van der Waals surface area (Å²) >= 11 is 5.66. The maximum absolute atomic E-state index is 13.1. The van der Waals surface area contributed by atoms with Crippen LogP contribution < -0.4 is 4.74 Å². The van der Waals surface area contributed by atoms with Gasteiger partial charge in [0, 0.05) is 11.8 Å². The fourth-order valence-corrected chi connectivity index (χ4v) is 1.19. The number of hydrogen-bond donors (Lipinski definition) is 1. The number of rotatable bonds is 3. The lowest BCUT2D eigenvalue weighted by Gasteiger charge is -2.08. The molecular formula is C8H7ClFNO3. The van der Waals surface area contributed by atoms with Crippen LogP contribution in [0.5, 0.6) is 5.88 Å². The number of aromatic nitrogens is 1. The quantitative estimate of drug-likeness (QED) is 0.843. The van der Waals surface area contributed by atoms with Gasteiger partial charge < -0.3 is 9.84 Å². The standard InChI is InChI=1S/C8H7ClFNO3/c1-14-7-5(9)4(2-3-11-7)6(10)8(12)13/h2-3,6H,1H3,(H,12,13). The van der Waals surface area contributed by atoms with Crippen LogP contribution in [0.25, 0.3) is 0 Å². The molecule has 0 aliphatic rings. The summed E-state index contributed by atoms with van der Waals surface area (Å²) in [6.07, 6.45) is -0.936. The lowest BCUT2D eigenvalue weighted by atomic mass is 10.2. The summed E-state index contributed by atoms with van der Waals surface area (Å²) in [5, 5.41) is 8.31. The summed E-state index contributed by atoms with van der Waals surface area (Å²) in [5.74, 6) is -1.59. The zero-order valence-corrected chi connectivity index (χ0v) is 7.95. The van der Waals surface area contributed by atoms with E-state index in [4.69, 9.17) is 21.4 Å². The van der Waals surface area contributed by atoms with Gasteiger partial charge in [0.25, 0.3) is 0 Å². The highest BCUT2D eigenvalue weighted by Crippen LogP contribution is 2.31. The molecular weight excluding hydrogens is 213 g/mol. The summed E-state index contributed by atoms with van der Waals surface area (Å²) in [6, 6.07) is 1.20. The van der Waals surface area contributed by atoms with Crippen molar-refractivity contribution in [1.82, 2.24) is 4.98 Å². The van der Waals surface area contributed by atoms with Gasteiger partial charge in [0.15, 0.2) is 0 Å². The molecule has 1 aromatic heterocycles. The summed E-state index contributed by atoms with van der Waals surface area (Å²) in [7, 11) is 1.31. The van der Waals surface area contributed by atoms with Gasteiger partial charge in [-0.2, -0.15) is 0 Å². The first-order chi connectivity index (χ1) is 6.57. The minimum Gasteiger partial charge on any atom is -0.480 e. The average Bonchev–Trinajstić information content (AvgIpc) is 2.17. The lowest BCUT2D eigenvalue weighted by Crippen LogP contribution is -2.07. The van der Waals surface area contributed by atoms with Crippen molar-refractivity contribution in [3.05, 3.63) is 22.8 Å². The first kappa shape index (κ1) is 10.7. The third-order valence-electron chi connectivity index (χ3n) is 1.57. The second-order valence-electron chi connectivity index (χ2n) is 2.42. The summed E-state index contributed by atoms with van der Waals surface area (Å²) in [5.41, 5.74) is -0.161. The molecule has 1 rings (SSSR count). The fraction of sp³-hybridized carbons (Fsp3) is 0.250. The monoisotopic (exact) mass is 219 g/mol. The van der Waals surface area contributed by atoms with E-state index in [1.807, 2.05) is 0 Å². The molecule has 0 aromatic carbocycles. The van der Waals surface area contributed by atoms with Crippen LogP contribution in [-0.4, -0.2) is 23.2 Å². The van der Waals surface area contributed by atoms with Gasteiger partial charge in [0.2, 0.25) is 12.1 Å². The van der Waals surface area contributed by atoms with E-state index in [2.05, 4.69) is 4.98 Å². The van der Waals surface area contributed by atoms with Crippen molar-refractivity contribution >= 4 is 17.6 Å². The molecule has 0 amide bonds. The predicted octanol–water partition coefficient (Wildman–Crippen LogP) is 1.84. The number of ether oxygens (including phenoxy) is 1. The van der Waals surface area contributed by atoms with Crippen molar-refractivity contribution in [3.8, 4) is 5.88 Å². The molecule has 0 spiro atoms. The topological polar surface area (TPSA) is 59.4 Å². The van der Waals surface area contributed by atoms with Crippen molar-refractivity contribution in [2.75, 3.05) is 7.11 Å². The Morgan fingerprint density at radius 3 is 2.93 bits per heavy atom. The number of aliphatic carboxylic acids is 1. The van der Waals surface area contributed by atoms with Crippen molar-refractivity contribution in [2.45, 2.75) is 6.17 Å². The van der Waals surface area contributed by atoms with E-state index in [9.17, 15) is 9.18 Å². The highest BCUT2D eigenvalue weighted by atomic mass is 35.5. The first-order valence-corrected chi connectivity index (χ1v) is 4.01. The SMILES string of the molecule is COc1nccc(C(F)C(=O)O)c1Cl. The zero-order valence-electron chi connectivity index (χ0n) is 7.20. The molecule has 0 bridgehead atoms. The smallest absolute Gasteiger partial charge is 0.343 e. The van der Waals surface area contributed by atoms with Crippen LogP contribution in [0.1, 0.15) is 11.7 Å². The van der Waals surface area contributed by atoms with E-state index in [0.29, 0.717) is 0 Å². The second-order valence-corrected chi connectivity index (χ2v) is 2.80. The molecule has 0 aliphatic heterocycles. The maximum atomic E-state index is 13.1. The van der Waals surface area contributed by atoms with E-state index in [-0.39, 0.29) is 16.5 Å². The predicted molar refractivity (Wildman–Crippen MR) is 47.3 cm³/mol. The van der Waals surface area contributed by atoms with Gasteiger partial charge in [0.1, 0.15) is 5.02 Å². The van der Waals surface area contributed by atoms with Crippen LogP contribution in [-0.2, 0) is 4.79 Å². The van der Waals surface area contributed by atoms with E-state index in [1.165, 1.54) is 19.4 Å². The molecule has 14 heavy (non-hydrogen) atoms. The van der Waals surface area contributed by atoms with Crippen LogP contribution >= 0.6 is 11.6 Å². The largest absolute Gasteiger partial charge is 0.480 e. The van der Waals surface area contributed by atoms with Gasteiger partial charge in [-0.1, -0.05) is 11.6 Å². The molecule has 0 saturated heterocycles. The minimum absolute atomic E-state index is 0.00747. The van der Waals surface area contributed by atoms with E-state index < -0.39 is 12.1 Å². The van der Waals surface area contributed by atoms with Crippen LogP contribution in [0.15, 0.2) is 12.3 Å². The van der Waals surface area contributed by atoms with Crippen molar-refractivity contribution < 1.29 is 19.0 Å².